The molecule has 2 amide bonds. The molecule has 0 aromatic carbocycles. The number of amides is 2. The van der Waals surface area contributed by atoms with Gasteiger partial charge >= 0.3 is 11.8 Å². The summed E-state index contributed by atoms with van der Waals surface area (Å²) in [7, 11) is 0. The zero-order chi connectivity index (χ0) is 14.8. The van der Waals surface area contributed by atoms with Crippen molar-refractivity contribution in [1.29, 1.82) is 0 Å². The highest BCUT2D eigenvalue weighted by atomic mass is 16.2. The second-order valence-electron chi connectivity index (χ2n) is 5.09. The van der Waals surface area contributed by atoms with E-state index in [1.54, 1.807) is 6.08 Å². The highest BCUT2D eigenvalue weighted by Gasteiger charge is 2.13. The Bertz CT molecular complexity index is 389. The number of nitrogens with two attached hydrogens (primary N) is 1. The second kappa shape index (κ2) is 9.18. The molecule has 0 spiro atoms. The summed E-state index contributed by atoms with van der Waals surface area (Å²) in [5, 5.41) is 2.52. The van der Waals surface area contributed by atoms with Gasteiger partial charge in [0.1, 0.15) is 0 Å². The third-order valence-corrected chi connectivity index (χ3v) is 3.26. The summed E-state index contributed by atoms with van der Waals surface area (Å²) in [6.07, 6.45) is 13.2. The lowest BCUT2D eigenvalue weighted by atomic mass is 10.1. The van der Waals surface area contributed by atoms with E-state index >= 15 is 0 Å². The molecule has 0 bridgehead atoms. The van der Waals surface area contributed by atoms with E-state index in [-0.39, 0.29) is 0 Å². The molecule has 0 atom stereocenters. The van der Waals surface area contributed by atoms with Gasteiger partial charge in [-0.1, -0.05) is 39.0 Å². The maximum absolute atomic E-state index is 11.2. The highest BCUT2D eigenvalue weighted by Crippen LogP contribution is 2.09. The Morgan fingerprint density at radius 2 is 1.95 bits per heavy atom. The van der Waals surface area contributed by atoms with Crippen molar-refractivity contribution < 1.29 is 9.59 Å². The number of unbranched alkanes of at least 4 members (excludes halogenated alkanes) is 5. The topological polar surface area (TPSA) is 75.4 Å². The van der Waals surface area contributed by atoms with Gasteiger partial charge < -0.3 is 16.0 Å². The van der Waals surface area contributed by atoms with Crippen molar-refractivity contribution in [3.05, 3.63) is 24.0 Å². The van der Waals surface area contributed by atoms with E-state index in [9.17, 15) is 9.59 Å². The van der Waals surface area contributed by atoms with Crippen LogP contribution in [0.2, 0.25) is 0 Å². The molecule has 0 saturated heterocycles. The molecule has 0 saturated carbocycles. The Morgan fingerprint density at radius 3 is 2.65 bits per heavy atom. The molecular formula is C15H25N3O2. The predicted octanol–water partition coefficient (Wildman–Crippen LogP) is 1.66. The van der Waals surface area contributed by atoms with E-state index in [4.69, 9.17) is 5.73 Å². The molecule has 0 aromatic heterocycles. The van der Waals surface area contributed by atoms with Gasteiger partial charge in [-0.2, -0.15) is 0 Å². The molecule has 0 fully saturated rings. The summed E-state index contributed by atoms with van der Waals surface area (Å²) in [5.74, 6) is -1.71. The van der Waals surface area contributed by atoms with Crippen LogP contribution in [0.25, 0.3) is 0 Å². The lowest BCUT2D eigenvalue weighted by Gasteiger charge is -2.24. The Hall–Kier alpha value is -1.78. The van der Waals surface area contributed by atoms with Gasteiger partial charge in [-0.05, 0) is 24.8 Å². The fourth-order valence-corrected chi connectivity index (χ4v) is 2.14. The molecule has 0 unspecified atom stereocenters. The molecule has 1 aliphatic heterocycles. The smallest absolute Gasteiger partial charge is 0.313 e. The quantitative estimate of drug-likeness (QED) is 0.524. The van der Waals surface area contributed by atoms with Gasteiger partial charge in [-0.3, -0.25) is 9.59 Å². The second-order valence-corrected chi connectivity index (χ2v) is 5.09. The summed E-state index contributed by atoms with van der Waals surface area (Å²) < 4.78 is 0. The van der Waals surface area contributed by atoms with Crippen molar-refractivity contribution in [3.8, 4) is 0 Å². The monoisotopic (exact) mass is 279 g/mol. The molecule has 5 nitrogen and oxygen atoms in total. The van der Waals surface area contributed by atoms with E-state index in [1.807, 2.05) is 12.3 Å². The minimum Gasteiger partial charge on any atom is -0.372 e. The van der Waals surface area contributed by atoms with Crippen molar-refractivity contribution in [2.45, 2.75) is 45.4 Å². The van der Waals surface area contributed by atoms with Crippen LogP contribution in [0.15, 0.2) is 24.0 Å². The lowest BCUT2D eigenvalue weighted by Crippen LogP contribution is -2.39. The average molecular weight is 279 g/mol. The van der Waals surface area contributed by atoms with Crippen molar-refractivity contribution in [2.24, 2.45) is 5.73 Å². The summed E-state index contributed by atoms with van der Waals surface area (Å²) >= 11 is 0. The number of primary amides is 1. The van der Waals surface area contributed by atoms with Crippen LogP contribution in [0.1, 0.15) is 45.4 Å². The van der Waals surface area contributed by atoms with Gasteiger partial charge in [0.2, 0.25) is 0 Å². The van der Waals surface area contributed by atoms with Crippen LogP contribution >= 0.6 is 0 Å². The van der Waals surface area contributed by atoms with Crippen LogP contribution in [0.5, 0.6) is 0 Å². The molecule has 20 heavy (non-hydrogen) atoms. The number of carbonyl (C=O) groups is 2. The maximum atomic E-state index is 11.2. The van der Waals surface area contributed by atoms with Gasteiger partial charge in [0.25, 0.3) is 0 Å². The van der Waals surface area contributed by atoms with Crippen molar-refractivity contribution in [1.82, 2.24) is 10.2 Å². The Labute approximate surface area is 120 Å². The van der Waals surface area contributed by atoms with Gasteiger partial charge in [0.05, 0.1) is 6.54 Å². The highest BCUT2D eigenvalue weighted by molar-refractivity contribution is 6.34. The minimum atomic E-state index is -0.956. The molecule has 3 N–H and O–H groups in total. The van der Waals surface area contributed by atoms with Gasteiger partial charge in [0, 0.05) is 12.2 Å². The Kier molecular flexibility index (Phi) is 7.47. The van der Waals surface area contributed by atoms with E-state index < -0.39 is 11.8 Å². The molecule has 0 aliphatic carbocycles. The molecule has 112 valence electrons. The van der Waals surface area contributed by atoms with Crippen molar-refractivity contribution in [3.63, 3.8) is 0 Å². The third-order valence-electron chi connectivity index (χ3n) is 3.26. The Morgan fingerprint density at radius 1 is 1.25 bits per heavy atom. The van der Waals surface area contributed by atoms with E-state index in [2.05, 4.69) is 17.1 Å². The van der Waals surface area contributed by atoms with E-state index in [0.717, 1.165) is 13.0 Å². The number of carbonyl (C=O) groups excluding carboxylic acids is 2. The normalized spacial score (nSPS) is 14.1. The number of allylic oxidation sites excluding steroid dienone is 2. The third kappa shape index (κ3) is 6.41. The number of hydrogen-bond acceptors (Lipinski definition) is 3. The molecule has 1 heterocycles. The minimum absolute atomic E-state index is 0.616. The van der Waals surface area contributed by atoms with Gasteiger partial charge in [-0.25, -0.2) is 0 Å². The number of nitrogens with zero attached hydrogens (tertiary/aromatic N) is 1. The van der Waals surface area contributed by atoms with Crippen LogP contribution in [0.3, 0.4) is 0 Å². The van der Waals surface area contributed by atoms with Crippen LogP contribution in [-0.2, 0) is 9.59 Å². The summed E-state index contributed by atoms with van der Waals surface area (Å²) in [6, 6.07) is 0. The molecule has 0 aromatic rings. The van der Waals surface area contributed by atoms with E-state index in [0.29, 0.717) is 12.2 Å². The average Bonchev–Trinajstić information content (AvgIpc) is 2.43. The number of nitrogens with one attached hydrogen (secondary N) is 1. The van der Waals surface area contributed by atoms with Crippen LogP contribution in [0.4, 0.5) is 0 Å². The fraction of sp³-hybridized carbons (Fsp3) is 0.600. The van der Waals surface area contributed by atoms with E-state index in [1.165, 1.54) is 32.1 Å². The fourth-order valence-electron chi connectivity index (χ4n) is 2.14. The maximum Gasteiger partial charge on any atom is 0.313 e. The first-order valence-electron chi connectivity index (χ1n) is 7.35. The van der Waals surface area contributed by atoms with Crippen LogP contribution in [0, 0.1) is 0 Å². The standard InChI is InChI=1S/C15H25N3O2/c1-2-3-4-5-6-7-10-18-11-8-9-13(12-18)17-15(20)14(16)19/h8-9,11H,2-7,10,12H2,1H3,(H2,16,19)(H,17,20). The first-order valence-corrected chi connectivity index (χ1v) is 7.35. The first-order chi connectivity index (χ1) is 9.63. The Balaban J connectivity index is 2.20. The summed E-state index contributed by atoms with van der Waals surface area (Å²) in [4.78, 5) is 24.0. The summed E-state index contributed by atoms with van der Waals surface area (Å²) in [6.45, 7) is 3.80. The first kappa shape index (κ1) is 16.3. The van der Waals surface area contributed by atoms with Crippen molar-refractivity contribution >= 4 is 11.8 Å². The van der Waals surface area contributed by atoms with Gasteiger partial charge in [-0.15, -0.1) is 0 Å². The van der Waals surface area contributed by atoms with Crippen LogP contribution in [-0.4, -0.2) is 29.8 Å². The lowest BCUT2D eigenvalue weighted by molar-refractivity contribution is -0.136. The molecule has 1 rings (SSSR count). The zero-order valence-electron chi connectivity index (χ0n) is 12.2. The molecule has 0 radical (unpaired) electrons. The molecule has 1 aliphatic rings. The van der Waals surface area contributed by atoms with Gasteiger partial charge in [0.15, 0.2) is 0 Å². The number of hydrogen-bond donors (Lipinski definition) is 2. The molecular weight excluding hydrogens is 254 g/mol. The number of rotatable bonds is 8. The largest absolute Gasteiger partial charge is 0.372 e. The van der Waals surface area contributed by atoms with Crippen molar-refractivity contribution in [2.75, 3.05) is 13.1 Å². The predicted molar refractivity (Wildman–Crippen MR) is 79.5 cm³/mol. The molecule has 5 heteroatoms. The SMILES string of the molecule is CCCCCCCCN1C=CC=C(NC(=O)C(N)=O)C1. The summed E-state index contributed by atoms with van der Waals surface area (Å²) in [5.41, 5.74) is 5.63. The zero-order valence-corrected chi connectivity index (χ0v) is 12.2. The van der Waals surface area contributed by atoms with Crippen LogP contribution < -0.4 is 11.1 Å².